The van der Waals surface area contributed by atoms with Crippen molar-refractivity contribution in [2.24, 2.45) is 0 Å². The highest BCUT2D eigenvalue weighted by molar-refractivity contribution is 6.32. The number of piperidine rings is 1. The van der Waals surface area contributed by atoms with Gasteiger partial charge in [-0.25, -0.2) is 4.98 Å². The molecule has 290 valence electrons. The maximum absolute atomic E-state index is 13.1. The molecule has 0 saturated carbocycles. The zero-order valence-corrected chi connectivity index (χ0v) is 34.3. The van der Waals surface area contributed by atoms with Gasteiger partial charge in [0.05, 0.1) is 11.2 Å². The molecule has 0 bridgehead atoms. The summed E-state index contributed by atoms with van der Waals surface area (Å²) in [6, 6.07) is 33.3. The fourth-order valence-corrected chi connectivity index (χ4v) is 6.62. The molecule has 10 heteroatoms. The first-order chi connectivity index (χ1) is 25.7. The van der Waals surface area contributed by atoms with E-state index >= 15 is 0 Å². The smallest absolute Gasteiger partial charge is 0.246 e. The Balaban J connectivity index is 0.00000336. The maximum Gasteiger partial charge on any atom is 0.246 e. The summed E-state index contributed by atoms with van der Waals surface area (Å²) in [5, 5.41) is 7.64. The van der Waals surface area contributed by atoms with Crippen molar-refractivity contribution in [2.45, 2.75) is 65.5 Å². The van der Waals surface area contributed by atoms with E-state index in [0.717, 1.165) is 53.9 Å². The van der Waals surface area contributed by atoms with Gasteiger partial charge >= 0.3 is 0 Å². The van der Waals surface area contributed by atoms with Crippen LogP contribution < -0.4 is 20.1 Å². The molecule has 1 aliphatic heterocycles. The molecule has 1 amide bonds. The second-order valence-electron chi connectivity index (χ2n) is 14.1. The van der Waals surface area contributed by atoms with Crippen LogP contribution in [0.25, 0.3) is 6.08 Å². The molecule has 55 heavy (non-hydrogen) atoms. The van der Waals surface area contributed by atoms with Crippen LogP contribution in [0.5, 0.6) is 17.4 Å². The highest BCUT2D eigenvalue weighted by atomic mass is 35.5. The van der Waals surface area contributed by atoms with E-state index in [4.69, 9.17) is 21.1 Å². The van der Waals surface area contributed by atoms with Crippen LogP contribution in [0.4, 0.5) is 11.4 Å². The Bertz CT molecular complexity index is 1950. The first-order valence-corrected chi connectivity index (χ1v) is 18.8. The number of anilines is 2. The van der Waals surface area contributed by atoms with Gasteiger partial charge in [-0.2, -0.15) is 0 Å². The number of pyridine rings is 1. The second kappa shape index (κ2) is 20.8. The summed E-state index contributed by atoms with van der Waals surface area (Å²) >= 11 is 6.64. The monoisotopic (exact) mass is 800 g/mol. The number of nitrogens with one attached hydrogen (secondary N) is 2. The summed E-state index contributed by atoms with van der Waals surface area (Å²) in [5.41, 5.74) is 8.91. The molecule has 1 aromatic heterocycles. The number of carbonyl (C=O) groups is 1. The summed E-state index contributed by atoms with van der Waals surface area (Å²) in [4.78, 5) is 19.4. The van der Waals surface area contributed by atoms with Crippen LogP contribution in [0.1, 0.15) is 66.0 Å². The first kappa shape index (κ1) is 43.0. The lowest BCUT2D eigenvalue weighted by Gasteiger charge is -2.32. The third-order valence-corrected chi connectivity index (χ3v) is 9.84. The third-order valence-electron chi connectivity index (χ3n) is 9.56. The van der Waals surface area contributed by atoms with Crippen LogP contribution >= 0.6 is 36.4 Å². The maximum atomic E-state index is 13.1. The van der Waals surface area contributed by atoms with E-state index < -0.39 is 0 Å². The minimum absolute atomic E-state index is 0. The van der Waals surface area contributed by atoms with Crippen LogP contribution in [-0.4, -0.2) is 41.5 Å². The van der Waals surface area contributed by atoms with Gasteiger partial charge in [0.2, 0.25) is 11.8 Å². The molecule has 5 aromatic rings. The minimum atomic E-state index is 0. The Morgan fingerprint density at radius 2 is 1.56 bits per heavy atom. The Morgan fingerprint density at radius 1 is 0.891 bits per heavy atom. The molecule has 0 spiro atoms. The lowest BCUT2D eigenvalue weighted by Crippen LogP contribution is -2.41. The number of halogens is 3. The number of hydrogen-bond donors (Lipinski definition) is 2. The van der Waals surface area contributed by atoms with Gasteiger partial charge in [0.25, 0.3) is 0 Å². The van der Waals surface area contributed by atoms with Gasteiger partial charge in [0.1, 0.15) is 12.4 Å². The van der Waals surface area contributed by atoms with Crippen molar-refractivity contribution < 1.29 is 14.3 Å². The third kappa shape index (κ3) is 12.7. The second-order valence-corrected chi connectivity index (χ2v) is 14.5. The molecule has 7 nitrogen and oxygen atoms in total. The fourth-order valence-electron chi connectivity index (χ4n) is 6.31. The van der Waals surface area contributed by atoms with Crippen molar-refractivity contribution in [3.05, 3.63) is 148 Å². The van der Waals surface area contributed by atoms with E-state index in [-0.39, 0.29) is 30.7 Å². The molecule has 0 unspecified atom stereocenters. The number of ether oxygens (including phenoxy) is 2. The Kier molecular flexibility index (Phi) is 16.3. The van der Waals surface area contributed by atoms with E-state index in [1.165, 1.54) is 16.7 Å². The molecule has 1 saturated heterocycles. The number of aromatic nitrogens is 1. The Hall–Kier alpha value is -4.69. The van der Waals surface area contributed by atoms with Gasteiger partial charge < -0.3 is 25.0 Å². The zero-order chi connectivity index (χ0) is 37.2. The lowest BCUT2D eigenvalue weighted by atomic mass is 10.0. The first-order valence-electron chi connectivity index (χ1n) is 18.5. The van der Waals surface area contributed by atoms with Crippen LogP contribution in [-0.2, 0) is 17.8 Å². The fraction of sp³-hybridized carbons (Fsp3) is 0.289. The van der Waals surface area contributed by atoms with Gasteiger partial charge in [0.15, 0.2) is 5.75 Å². The molecular weight excluding hydrogens is 751 g/mol. The van der Waals surface area contributed by atoms with Crippen molar-refractivity contribution in [2.75, 3.05) is 30.3 Å². The topological polar surface area (TPSA) is 75.7 Å². The summed E-state index contributed by atoms with van der Waals surface area (Å²) < 4.78 is 11.9. The Labute approximate surface area is 343 Å². The van der Waals surface area contributed by atoms with Crippen LogP contribution in [0.2, 0.25) is 5.02 Å². The SMILES string of the molecule is Cc1ccc(COc2ccc(Oc3c(C)cc(C=CC(=O)N4CCC(Nc5ccc(CCNc6ccc(C(C)C)cc6)cc5)CC4)cc3Cl)nc2)cc1.Cl.Cl. The predicted octanol–water partition coefficient (Wildman–Crippen LogP) is 11.5. The number of nitrogens with zero attached hydrogens (tertiary/aromatic N) is 2. The van der Waals surface area contributed by atoms with E-state index in [0.29, 0.717) is 54.1 Å². The van der Waals surface area contributed by atoms with Gasteiger partial charge in [0, 0.05) is 49.2 Å². The highest BCUT2D eigenvalue weighted by Crippen LogP contribution is 2.34. The molecule has 2 heterocycles. The normalized spacial score (nSPS) is 12.9. The molecule has 4 aromatic carbocycles. The molecule has 2 N–H and O–H groups in total. The number of benzene rings is 4. The van der Waals surface area contributed by atoms with Crippen molar-refractivity contribution >= 4 is 59.8 Å². The molecule has 0 atom stereocenters. The minimum Gasteiger partial charge on any atom is -0.487 e. The van der Waals surface area contributed by atoms with Gasteiger partial charge in [-0.3, -0.25) is 4.79 Å². The number of hydrogen-bond acceptors (Lipinski definition) is 6. The average Bonchev–Trinajstić information content (AvgIpc) is 3.17. The molecule has 6 rings (SSSR count). The molecule has 1 fully saturated rings. The van der Waals surface area contributed by atoms with Gasteiger partial charge in [-0.1, -0.05) is 79.5 Å². The molecule has 0 aliphatic carbocycles. The van der Waals surface area contributed by atoms with Crippen LogP contribution in [0, 0.1) is 13.8 Å². The quantitative estimate of drug-likeness (QED) is 0.109. The van der Waals surface area contributed by atoms with Crippen molar-refractivity contribution in [1.29, 1.82) is 0 Å². The van der Waals surface area contributed by atoms with E-state index in [1.54, 1.807) is 24.4 Å². The number of carbonyl (C=O) groups excluding carboxylic acids is 1. The van der Waals surface area contributed by atoms with E-state index in [2.05, 4.69) is 109 Å². The number of rotatable bonds is 14. The highest BCUT2D eigenvalue weighted by Gasteiger charge is 2.21. The molecular formula is C45H51Cl3N4O3. The van der Waals surface area contributed by atoms with Crippen LogP contribution in [0.3, 0.4) is 0 Å². The largest absolute Gasteiger partial charge is 0.487 e. The molecule has 0 radical (unpaired) electrons. The van der Waals surface area contributed by atoms with Crippen molar-refractivity contribution in [3.63, 3.8) is 0 Å². The zero-order valence-electron chi connectivity index (χ0n) is 31.9. The van der Waals surface area contributed by atoms with Gasteiger partial charge in [-0.15, -0.1) is 24.8 Å². The summed E-state index contributed by atoms with van der Waals surface area (Å²) in [6.45, 7) is 11.2. The van der Waals surface area contributed by atoms with Crippen LogP contribution in [0.15, 0.2) is 109 Å². The predicted molar refractivity (Wildman–Crippen MR) is 232 cm³/mol. The molecule has 1 aliphatic rings. The summed E-state index contributed by atoms with van der Waals surface area (Å²) in [5.74, 6) is 2.14. The Morgan fingerprint density at radius 3 is 2.20 bits per heavy atom. The van der Waals surface area contributed by atoms with Crippen molar-refractivity contribution in [3.8, 4) is 17.4 Å². The summed E-state index contributed by atoms with van der Waals surface area (Å²) in [6.07, 6.45) is 7.83. The average molecular weight is 802 g/mol. The lowest BCUT2D eigenvalue weighted by molar-refractivity contribution is -0.126. The van der Waals surface area contributed by atoms with Crippen molar-refractivity contribution in [1.82, 2.24) is 9.88 Å². The van der Waals surface area contributed by atoms with E-state index in [1.807, 2.05) is 30.0 Å². The van der Waals surface area contributed by atoms with Gasteiger partial charge in [-0.05, 0) is 115 Å². The summed E-state index contributed by atoms with van der Waals surface area (Å²) in [7, 11) is 0. The standard InChI is InChI=1S/C45H49ClN4O3.2ClH/c1-31(2)37-12-16-38(17-13-37)47-24-21-34-9-14-39(15-10-34)49-40-22-25-50(26-23-40)44(51)20-11-36-27-33(4)45(42(46)28-36)53-43-19-18-41(29-48-43)52-30-35-7-5-32(3)6-8-35;;/h5-20,27-29,31,40,47,49H,21-26,30H2,1-4H3;2*1H. The number of amides is 1. The number of aryl methyl sites for hydroxylation is 2. The number of likely N-dealkylation sites (tertiary alicyclic amines) is 1. The van der Waals surface area contributed by atoms with E-state index in [9.17, 15) is 4.79 Å².